The fourth-order valence-electron chi connectivity index (χ4n) is 3.25. The summed E-state index contributed by atoms with van der Waals surface area (Å²) < 4.78 is 1.74. The fraction of sp³-hybridized carbons (Fsp3) is 0.312. The summed E-state index contributed by atoms with van der Waals surface area (Å²) in [6, 6.07) is 10.4. The van der Waals surface area contributed by atoms with Gasteiger partial charge in [0.05, 0.1) is 18.5 Å². The van der Waals surface area contributed by atoms with Gasteiger partial charge in [-0.2, -0.15) is 9.61 Å². The number of anilines is 1. The molecule has 1 aliphatic rings. The number of aliphatic hydroxyl groups excluding tert-OH is 1. The molecule has 2 N–H and O–H groups in total. The molecule has 2 heterocycles. The van der Waals surface area contributed by atoms with Crippen LogP contribution in [0.2, 0.25) is 0 Å². The predicted molar refractivity (Wildman–Crippen MR) is 82.6 cm³/mol. The first kappa shape index (κ1) is 13.2. The Morgan fingerprint density at radius 2 is 2.05 bits per heavy atom. The molecule has 6 nitrogen and oxygen atoms in total. The van der Waals surface area contributed by atoms with Gasteiger partial charge < -0.3 is 10.4 Å². The van der Waals surface area contributed by atoms with E-state index in [4.69, 9.17) is 0 Å². The summed E-state index contributed by atoms with van der Waals surface area (Å²) >= 11 is 0. The zero-order valence-corrected chi connectivity index (χ0v) is 12.1. The molecule has 0 atom stereocenters. The van der Waals surface area contributed by atoms with Gasteiger partial charge >= 0.3 is 0 Å². The SMILES string of the molecule is OC1CC(CNc2cncc3ncnn23)(c2ccccc2)C1. The maximum atomic E-state index is 9.81. The highest BCUT2D eigenvalue weighted by Crippen LogP contribution is 2.43. The first-order valence-electron chi connectivity index (χ1n) is 7.38. The molecule has 0 saturated heterocycles. The Morgan fingerprint density at radius 1 is 1.23 bits per heavy atom. The van der Waals surface area contributed by atoms with E-state index >= 15 is 0 Å². The van der Waals surface area contributed by atoms with Crippen molar-refractivity contribution in [2.45, 2.75) is 24.4 Å². The van der Waals surface area contributed by atoms with Gasteiger partial charge in [-0.05, 0) is 18.4 Å². The van der Waals surface area contributed by atoms with Gasteiger partial charge in [0.15, 0.2) is 5.65 Å². The van der Waals surface area contributed by atoms with Gasteiger partial charge in [-0.1, -0.05) is 30.3 Å². The molecule has 112 valence electrons. The van der Waals surface area contributed by atoms with Crippen LogP contribution in [0.3, 0.4) is 0 Å². The van der Waals surface area contributed by atoms with Gasteiger partial charge in [0.2, 0.25) is 0 Å². The van der Waals surface area contributed by atoms with Crippen molar-refractivity contribution in [3.8, 4) is 0 Å². The number of nitrogens with one attached hydrogen (secondary N) is 1. The minimum Gasteiger partial charge on any atom is -0.393 e. The maximum absolute atomic E-state index is 9.81. The Bertz CT molecular complexity index is 779. The number of benzene rings is 1. The first-order chi connectivity index (χ1) is 10.8. The zero-order chi connectivity index (χ0) is 15.0. The molecule has 0 unspecified atom stereocenters. The topological polar surface area (TPSA) is 75.3 Å². The van der Waals surface area contributed by atoms with Crippen molar-refractivity contribution >= 4 is 11.5 Å². The summed E-state index contributed by atoms with van der Waals surface area (Å²) in [4.78, 5) is 8.32. The Hall–Kier alpha value is -2.47. The van der Waals surface area contributed by atoms with Crippen LogP contribution in [0.1, 0.15) is 18.4 Å². The molecule has 1 fully saturated rings. The van der Waals surface area contributed by atoms with Crippen LogP contribution in [0.4, 0.5) is 5.82 Å². The van der Waals surface area contributed by atoms with Gasteiger partial charge in [0.25, 0.3) is 0 Å². The van der Waals surface area contributed by atoms with Crippen molar-refractivity contribution in [1.82, 2.24) is 19.6 Å². The van der Waals surface area contributed by atoms with E-state index in [-0.39, 0.29) is 11.5 Å². The highest BCUT2D eigenvalue weighted by molar-refractivity contribution is 5.45. The molecule has 0 bridgehead atoms. The molecule has 3 aromatic rings. The normalized spacial score (nSPS) is 24.1. The number of aliphatic hydroxyl groups is 1. The number of hydrogen-bond donors (Lipinski definition) is 2. The maximum Gasteiger partial charge on any atom is 0.175 e. The van der Waals surface area contributed by atoms with Crippen molar-refractivity contribution in [2.75, 3.05) is 11.9 Å². The second kappa shape index (κ2) is 5.06. The molecule has 1 saturated carbocycles. The molecule has 6 heteroatoms. The lowest BCUT2D eigenvalue weighted by atomic mass is 9.62. The van der Waals surface area contributed by atoms with Gasteiger partial charge in [0, 0.05) is 12.0 Å². The van der Waals surface area contributed by atoms with Gasteiger partial charge in [-0.3, -0.25) is 4.98 Å². The Balaban J connectivity index is 1.60. The summed E-state index contributed by atoms with van der Waals surface area (Å²) in [5, 5.41) is 17.4. The summed E-state index contributed by atoms with van der Waals surface area (Å²) in [6.45, 7) is 0.731. The smallest absolute Gasteiger partial charge is 0.175 e. The third kappa shape index (κ3) is 2.12. The van der Waals surface area contributed by atoms with Crippen molar-refractivity contribution in [3.63, 3.8) is 0 Å². The molecular formula is C16H17N5O. The van der Waals surface area contributed by atoms with Crippen molar-refractivity contribution in [3.05, 3.63) is 54.6 Å². The highest BCUT2D eigenvalue weighted by Gasteiger charge is 2.44. The van der Waals surface area contributed by atoms with E-state index in [1.807, 2.05) is 18.2 Å². The van der Waals surface area contributed by atoms with E-state index in [2.05, 4.69) is 32.5 Å². The molecule has 22 heavy (non-hydrogen) atoms. The molecule has 0 amide bonds. The van der Waals surface area contributed by atoms with Crippen LogP contribution in [-0.2, 0) is 5.41 Å². The molecule has 0 aliphatic heterocycles. The van der Waals surface area contributed by atoms with Crippen LogP contribution in [0.25, 0.3) is 5.65 Å². The number of fused-ring (bicyclic) bond motifs is 1. The molecular weight excluding hydrogens is 278 g/mol. The molecule has 2 aromatic heterocycles. The molecule has 4 rings (SSSR count). The van der Waals surface area contributed by atoms with Gasteiger partial charge in [-0.25, -0.2) is 4.98 Å². The van der Waals surface area contributed by atoms with E-state index in [9.17, 15) is 5.11 Å². The number of aromatic nitrogens is 4. The summed E-state index contributed by atoms with van der Waals surface area (Å²) in [5.74, 6) is 0.812. The summed E-state index contributed by atoms with van der Waals surface area (Å²) in [7, 11) is 0. The Morgan fingerprint density at radius 3 is 2.82 bits per heavy atom. The Kier molecular flexibility index (Phi) is 3.04. The lowest BCUT2D eigenvalue weighted by molar-refractivity contribution is 0.0242. The highest BCUT2D eigenvalue weighted by atomic mass is 16.3. The average molecular weight is 295 g/mol. The molecule has 1 aliphatic carbocycles. The minimum absolute atomic E-state index is 0.0383. The van der Waals surface area contributed by atoms with Crippen LogP contribution in [-0.4, -0.2) is 37.3 Å². The van der Waals surface area contributed by atoms with Crippen molar-refractivity contribution < 1.29 is 5.11 Å². The summed E-state index contributed by atoms with van der Waals surface area (Å²) in [6.07, 6.45) is 6.26. The molecule has 0 spiro atoms. The van der Waals surface area contributed by atoms with Crippen LogP contribution < -0.4 is 5.32 Å². The fourth-order valence-corrected chi connectivity index (χ4v) is 3.25. The van der Waals surface area contributed by atoms with E-state index < -0.39 is 0 Å². The van der Waals surface area contributed by atoms with Gasteiger partial charge in [0.1, 0.15) is 12.1 Å². The second-order valence-electron chi connectivity index (χ2n) is 5.88. The largest absolute Gasteiger partial charge is 0.393 e. The van der Waals surface area contributed by atoms with Crippen LogP contribution in [0.5, 0.6) is 0 Å². The number of rotatable bonds is 4. The minimum atomic E-state index is -0.220. The summed E-state index contributed by atoms with van der Waals surface area (Å²) in [5.41, 5.74) is 1.93. The van der Waals surface area contributed by atoms with Crippen LogP contribution in [0, 0.1) is 0 Å². The average Bonchev–Trinajstić information content (AvgIpc) is 3.00. The van der Waals surface area contributed by atoms with Crippen molar-refractivity contribution in [2.24, 2.45) is 0 Å². The monoisotopic (exact) mass is 295 g/mol. The molecule has 0 radical (unpaired) electrons. The zero-order valence-electron chi connectivity index (χ0n) is 12.1. The third-order valence-electron chi connectivity index (χ3n) is 4.44. The van der Waals surface area contributed by atoms with E-state index in [1.54, 1.807) is 16.9 Å². The van der Waals surface area contributed by atoms with Crippen LogP contribution >= 0.6 is 0 Å². The van der Waals surface area contributed by atoms with Gasteiger partial charge in [-0.15, -0.1) is 0 Å². The lowest BCUT2D eigenvalue weighted by Gasteiger charge is -2.46. The standard InChI is InChI=1S/C16H17N5O/c22-13-6-16(7-13,12-4-2-1-3-5-12)10-18-14-8-17-9-15-19-11-20-21(14)15/h1-5,8-9,11,13,18,22H,6-7,10H2. The van der Waals surface area contributed by atoms with E-state index in [0.717, 1.165) is 25.2 Å². The Labute approximate surface area is 127 Å². The van der Waals surface area contributed by atoms with Crippen molar-refractivity contribution in [1.29, 1.82) is 0 Å². The van der Waals surface area contributed by atoms with Crippen LogP contribution in [0.15, 0.2) is 49.1 Å². The lowest BCUT2D eigenvalue weighted by Crippen LogP contribution is -2.49. The quantitative estimate of drug-likeness (QED) is 0.765. The van der Waals surface area contributed by atoms with E-state index in [1.165, 1.54) is 11.9 Å². The number of nitrogens with zero attached hydrogens (tertiary/aromatic N) is 4. The first-order valence-corrected chi connectivity index (χ1v) is 7.38. The number of hydrogen-bond acceptors (Lipinski definition) is 5. The third-order valence-corrected chi connectivity index (χ3v) is 4.44. The van der Waals surface area contributed by atoms with E-state index in [0.29, 0.717) is 5.65 Å². The second-order valence-corrected chi connectivity index (χ2v) is 5.88. The predicted octanol–water partition coefficient (Wildman–Crippen LogP) is 1.63. The molecule has 1 aromatic carbocycles.